The highest BCUT2D eigenvalue weighted by molar-refractivity contribution is 7.58. The quantitative estimate of drug-likeness (QED) is 0.541. The fourth-order valence-corrected chi connectivity index (χ4v) is 4.05. The predicted molar refractivity (Wildman–Crippen MR) is 51.0 cm³/mol. The first kappa shape index (κ1) is 8.93. The Bertz CT molecular complexity index is 193. The van der Waals surface area contributed by atoms with Gasteiger partial charge in [-0.3, -0.25) is 0 Å². The molecule has 0 saturated carbocycles. The molecule has 0 aromatic carbocycles. The van der Waals surface area contributed by atoms with Crippen LogP contribution in [0.1, 0.15) is 20.8 Å². The van der Waals surface area contributed by atoms with E-state index in [1.807, 2.05) is 13.8 Å². The van der Waals surface area contributed by atoms with Crippen LogP contribution in [0.15, 0.2) is 0 Å². The van der Waals surface area contributed by atoms with Crippen molar-refractivity contribution in [3.8, 4) is 0 Å². The molecule has 1 unspecified atom stereocenters. The average Bonchev–Trinajstić information content (AvgIpc) is 2.33. The van der Waals surface area contributed by atoms with Crippen molar-refractivity contribution in [1.29, 1.82) is 0 Å². The van der Waals surface area contributed by atoms with Gasteiger partial charge in [-0.05, 0) is 26.7 Å². The minimum Gasteiger partial charge on any atom is -0.344 e. The van der Waals surface area contributed by atoms with Gasteiger partial charge in [-0.15, -0.1) is 7.92 Å². The van der Waals surface area contributed by atoms with E-state index in [-0.39, 0.29) is 13.7 Å². The van der Waals surface area contributed by atoms with E-state index in [0.717, 1.165) is 0 Å². The van der Waals surface area contributed by atoms with E-state index in [0.29, 0.717) is 17.9 Å². The minimum absolute atomic E-state index is 0.149. The average molecular weight is 188 g/mol. The van der Waals surface area contributed by atoms with Crippen molar-refractivity contribution in [2.24, 2.45) is 0 Å². The van der Waals surface area contributed by atoms with Gasteiger partial charge in [0.05, 0.1) is 12.2 Å². The Labute approximate surface area is 75.4 Å². The first-order valence-electron chi connectivity index (χ1n) is 4.55. The van der Waals surface area contributed by atoms with Gasteiger partial charge in [0.25, 0.3) is 0 Å². The van der Waals surface area contributed by atoms with Crippen LogP contribution >= 0.6 is 7.92 Å². The molecule has 0 aliphatic carbocycles. The summed E-state index contributed by atoms with van der Waals surface area (Å²) >= 11 is 0. The van der Waals surface area contributed by atoms with Gasteiger partial charge < -0.3 is 9.47 Å². The number of hydrogen-bond acceptors (Lipinski definition) is 2. The van der Waals surface area contributed by atoms with Crippen molar-refractivity contribution in [2.45, 2.75) is 44.4 Å². The van der Waals surface area contributed by atoms with Gasteiger partial charge in [-0.2, -0.15) is 0 Å². The number of hydrogen-bond donors (Lipinski definition) is 0. The summed E-state index contributed by atoms with van der Waals surface area (Å²) in [4.78, 5) is 0. The molecule has 0 amide bonds. The Kier molecular flexibility index (Phi) is 1.98. The summed E-state index contributed by atoms with van der Waals surface area (Å²) in [6, 6.07) is 0. The molecule has 2 nitrogen and oxygen atoms in total. The third kappa shape index (κ3) is 1.30. The number of fused-ring (bicyclic) bond motifs is 1. The minimum atomic E-state index is -0.333. The number of ether oxygens (including phenoxy) is 2. The van der Waals surface area contributed by atoms with Gasteiger partial charge in [0, 0.05) is 5.66 Å². The molecule has 0 aromatic rings. The van der Waals surface area contributed by atoms with Crippen LogP contribution in [0.2, 0.25) is 0 Å². The van der Waals surface area contributed by atoms with Crippen LogP contribution in [0.5, 0.6) is 0 Å². The molecule has 2 aliphatic rings. The van der Waals surface area contributed by atoms with E-state index in [9.17, 15) is 0 Å². The van der Waals surface area contributed by atoms with Crippen molar-refractivity contribution >= 4 is 7.92 Å². The van der Waals surface area contributed by atoms with Crippen LogP contribution in [0.25, 0.3) is 0 Å². The van der Waals surface area contributed by atoms with Crippen LogP contribution in [-0.2, 0) is 9.47 Å². The molecular weight excluding hydrogens is 171 g/mol. The normalized spacial score (nSPS) is 51.0. The maximum Gasteiger partial charge on any atom is 0.163 e. The van der Waals surface area contributed by atoms with Gasteiger partial charge in [-0.25, -0.2) is 0 Å². The molecule has 3 heteroatoms. The zero-order chi connectivity index (χ0) is 8.93. The maximum atomic E-state index is 5.85. The lowest BCUT2D eigenvalue weighted by atomic mass is 10.2. The summed E-state index contributed by atoms with van der Waals surface area (Å²) in [5, 5.41) is 0. The van der Waals surface area contributed by atoms with Gasteiger partial charge in [-0.1, -0.05) is 6.92 Å². The van der Waals surface area contributed by atoms with E-state index < -0.39 is 0 Å². The molecule has 0 bridgehead atoms. The Morgan fingerprint density at radius 2 is 2.00 bits per heavy atom. The molecule has 2 heterocycles. The SMILES string of the molecule is C[C@H]1[C@H]2OC(C)(C)O[C@@H]2CP1C. The molecule has 4 atom stereocenters. The van der Waals surface area contributed by atoms with E-state index in [2.05, 4.69) is 13.6 Å². The van der Waals surface area contributed by atoms with Crippen molar-refractivity contribution in [3.05, 3.63) is 0 Å². The Morgan fingerprint density at radius 3 is 2.58 bits per heavy atom. The molecule has 0 N–H and O–H groups in total. The standard InChI is InChI=1S/C9H17O2P/c1-6-8-7(5-12(6)4)10-9(2,3)11-8/h6-8H,5H2,1-4H3/t6-,7+,8+,12?/m0/s1. The topological polar surface area (TPSA) is 18.5 Å². The maximum absolute atomic E-state index is 5.85. The molecule has 0 radical (unpaired) electrons. The van der Waals surface area contributed by atoms with E-state index in [4.69, 9.17) is 9.47 Å². The zero-order valence-electron chi connectivity index (χ0n) is 8.20. The second-order valence-electron chi connectivity index (χ2n) is 4.32. The molecule has 70 valence electrons. The van der Waals surface area contributed by atoms with Crippen LogP contribution < -0.4 is 0 Å². The van der Waals surface area contributed by atoms with Crippen LogP contribution in [0.3, 0.4) is 0 Å². The molecule has 2 rings (SSSR count). The molecular formula is C9H17O2P. The second kappa shape index (κ2) is 2.67. The van der Waals surface area contributed by atoms with Gasteiger partial charge in [0.15, 0.2) is 5.79 Å². The summed E-state index contributed by atoms with van der Waals surface area (Å²) in [6.45, 7) is 8.66. The highest BCUT2D eigenvalue weighted by Gasteiger charge is 2.49. The van der Waals surface area contributed by atoms with Crippen LogP contribution in [-0.4, -0.2) is 36.5 Å². The smallest absolute Gasteiger partial charge is 0.163 e. The summed E-state index contributed by atoms with van der Waals surface area (Å²) in [7, 11) is 0.149. The van der Waals surface area contributed by atoms with E-state index in [1.165, 1.54) is 6.16 Å². The summed E-state index contributed by atoms with van der Waals surface area (Å²) in [5.41, 5.74) is 0.715. The second-order valence-corrected chi connectivity index (χ2v) is 7.01. The van der Waals surface area contributed by atoms with Crippen molar-refractivity contribution < 1.29 is 9.47 Å². The first-order valence-corrected chi connectivity index (χ1v) is 6.60. The Morgan fingerprint density at radius 1 is 1.33 bits per heavy atom. The Balaban J connectivity index is 2.11. The van der Waals surface area contributed by atoms with Crippen molar-refractivity contribution in [3.63, 3.8) is 0 Å². The molecule has 2 fully saturated rings. The monoisotopic (exact) mass is 188 g/mol. The summed E-state index contributed by atoms with van der Waals surface area (Å²) < 4.78 is 11.7. The lowest BCUT2D eigenvalue weighted by molar-refractivity contribution is -0.145. The lowest BCUT2D eigenvalue weighted by Crippen LogP contribution is -2.26. The molecule has 12 heavy (non-hydrogen) atoms. The summed E-state index contributed by atoms with van der Waals surface area (Å²) in [6.07, 6.45) is 1.98. The predicted octanol–water partition coefficient (Wildman–Crippen LogP) is 2.02. The third-order valence-corrected chi connectivity index (χ3v) is 5.48. The summed E-state index contributed by atoms with van der Waals surface area (Å²) in [5.74, 6) is -0.333. The lowest BCUT2D eigenvalue weighted by Gasteiger charge is -2.22. The first-order chi connectivity index (χ1) is 5.49. The number of rotatable bonds is 0. The molecule has 2 saturated heterocycles. The van der Waals surface area contributed by atoms with Crippen LogP contribution in [0, 0.1) is 0 Å². The van der Waals surface area contributed by atoms with Gasteiger partial charge in [0.1, 0.15) is 0 Å². The van der Waals surface area contributed by atoms with Crippen molar-refractivity contribution in [2.75, 3.05) is 12.8 Å². The van der Waals surface area contributed by atoms with Gasteiger partial charge >= 0.3 is 0 Å². The highest BCUT2D eigenvalue weighted by Crippen LogP contribution is 2.52. The van der Waals surface area contributed by atoms with E-state index >= 15 is 0 Å². The fraction of sp³-hybridized carbons (Fsp3) is 1.00. The van der Waals surface area contributed by atoms with Gasteiger partial charge in [0.2, 0.25) is 0 Å². The fourth-order valence-electron chi connectivity index (χ4n) is 2.11. The molecule has 2 aliphatic heterocycles. The Hall–Kier alpha value is 0.350. The molecule has 0 aromatic heterocycles. The zero-order valence-corrected chi connectivity index (χ0v) is 9.10. The van der Waals surface area contributed by atoms with Crippen LogP contribution in [0.4, 0.5) is 0 Å². The molecule has 0 spiro atoms. The van der Waals surface area contributed by atoms with Crippen molar-refractivity contribution in [1.82, 2.24) is 0 Å². The van der Waals surface area contributed by atoms with E-state index in [1.54, 1.807) is 0 Å². The highest BCUT2D eigenvalue weighted by atomic mass is 31.1. The third-order valence-electron chi connectivity index (χ3n) is 2.86. The largest absolute Gasteiger partial charge is 0.344 e.